The minimum absolute atomic E-state index is 0.00600. The van der Waals surface area contributed by atoms with Crippen molar-refractivity contribution in [3.63, 3.8) is 0 Å². The van der Waals surface area contributed by atoms with Gasteiger partial charge in [-0.3, -0.25) is 9.59 Å². The van der Waals surface area contributed by atoms with Gasteiger partial charge in [0.25, 0.3) is 5.91 Å². The average Bonchev–Trinajstić information content (AvgIpc) is 2.86. The van der Waals surface area contributed by atoms with Gasteiger partial charge in [0.2, 0.25) is 11.9 Å². The second-order valence-electron chi connectivity index (χ2n) is 9.45. The zero-order chi connectivity index (χ0) is 24.4. The summed E-state index contributed by atoms with van der Waals surface area (Å²) in [5.41, 5.74) is 4.11. The molecule has 0 unspecified atom stereocenters. The predicted octanol–water partition coefficient (Wildman–Crippen LogP) is 4.62. The van der Waals surface area contributed by atoms with Gasteiger partial charge < -0.3 is 15.1 Å². The third-order valence-corrected chi connectivity index (χ3v) is 7.07. The number of amides is 2. The molecule has 2 amide bonds. The second-order valence-corrected chi connectivity index (χ2v) is 9.45. The molecule has 3 heterocycles. The molecule has 6 nitrogen and oxygen atoms in total. The first-order valence-electron chi connectivity index (χ1n) is 12.1. The highest BCUT2D eigenvalue weighted by atomic mass is 19.1. The Labute approximate surface area is 204 Å². The Hall–Kier alpha value is -3.74. The van der Waals surface area contributed by atoms with E-state index in [1.54, 1.807) is 13.0 Å². The van der Waals surface area contributed by atoms with E-state index in [0.717, 1.165) is 42.9 Å². The average molecular weight is 473 g/mol. The van der Waals surface area contributed by atoms with Gasteiger partial charge >= 0.3 is 0 Å². The Morgan fingerprint density at radius 2 is 1.69 bits per heavy atom. The fourth-order valence-electron chi connectivity index (χ4n) is 4.83. The fraction of sp³-hybridized carbons (Fsp3) is 0.321. The molecule has 7 heteroatoms. The smallest absolute Gasteiger partial charge is 0.253 e. The van der Waals surface area contributed by atoms with Crippen LogP contribution >= 0.6 is 0 Å². The van der Waals surface area contributed by atoms with Gasteiger partial charge in [-0.05, 0) is 61.6 Å². The lowest BCUT2D eigenvalue weighted by Gasteiger charge is -2.39. The van der Waals surface area contributed by atoms with Gasteiger partial charge in [0.15, 0.2) is 0 Å². The maximum absolute atomic E-state index is 13.4. The van der Waals surface area contributed by atoms with Crippen LogP contribution in [-0.2, 0) is 4.79 Å². The number of hydrogen-bond donors (Lipinski definition) is 1. The van der Waals surface area contributed by atoms with E-state index in [9.17, 15) is 14.0 Å². The lowest BCUT2D eigenvalue weighted by atomic mass is 9.89. The van der Waals surface area contributed by atoms with Crippen LogP contribution in [-0.4, -0.2) is 47.9 Å². The highest BCUT2D eigenvalue weighted by molar-refractivity contribution is 5.95. The molecule has 0 atom stereocenters. The minimum Gasteiger partial charge on any atom is -0.369 e. The SMILES string of the molecule is Cc1cc(N2CC(C(=O)Nc3ccc(C4CCN(C(=O)c5ccccc5)CC4)cc3)C2)cnc1F. The molecule has 35 heavy (non-hydrogen) atoms. The molecule has 2 aromatic carbocycles. The van der Waals surface area contributed by atoms with Crippen LogP contribution in [0.1, 0.15) is 40.2 Å². The summed E-state index contributed by atoms with van der Waals surface area (Å²) in [6.07, 6.45) is 3.37. The molecule has 0 saturated carbocycles. The normalized spacial score (nSPS) is 16.6. The number of nitrogens with one attached hydrogen (secondary N) is 1. The molecule has 180 valence electrons. The third-order valence-electron chi connectivity index (χ3n) is 7.07. The summed E-state index contributed by atoms with van der Waals surface area (Å²) in [4.78, 5) is 33.0. The molecule has 5 rings (SSSR count). The van der Waals surface area contributed by atoms with Crippen molar-refractivity contribution in [2.75, 3.05) is 36.4 Å². The quantitative estimate of drug-likeness (QED) is 0.550. The Morgan fingerprint density at radius 1 is 1.00 bits per heavy atom. The Morgan fingerprint density at radius 3 is 2.34 bits per heavy atom. The van der Waals surface area contributed by atoms with Gasteiger partial charge in [-0.25, -0.2) is 4.98 Å². The summed E-state index contributed by atoms with van der Waals surface area (Å²) < 4.78 is 13.4. The van der Waals surface area contributed by atoms with E-state index in [2.05, 4.69) is 22.4 Å². The Kier molecular flexibility index (Phi) is 6.49. The van der Waals surface area contributed by atoms with Crippen LogP contribution in [0.4, 0.5) is 15.8 Å². The van der Waals surface area contributed by atoms with Gasteiger partial charge in [-0.15, -0.1) is 0 Å². The standard InChI is InChI=1S/C28H29FN4O2/c1-19-15-25(16-30-26(19)29)33-17-23(18-33)27(34)31-24-9-7-20(8-10-24)21-11-13-32(14-12-21)28(35)22-5-3-2-4-6-22/h2-10,15-16,21,23H,11-14,17-18H2,1H3,(H,31,34). The number of benzene rings is 2. The van der Waals surface area contributed by atoms with Crippen LogP contribution in [0.2, 0.25) is 0 Å². The number of anilines is 2. The van der Waals surface area contributed by atoms with Gasteiger partial charge in [-0.2, -0.15) is 4.39 Å². The summed E-state index contributed by atoms with van der Waals surface area (Å²) in [5, 5.41) is 3.01. The van der Waals surface area contributed by atoms with E-state index >= 15 is 0 Å². The number of likely N-dealkylation sites (tertiary alicyclic amines) is 1. The molecule has 0 aliphatic carbocycles. The molecule has 0 bridgehead atoms. The molecule has 3 aromatic rings. The van der Waals surface area contributed by atoms with Gasteiger partial charge in [0.1, 0.15) is 0 Å². The summed E-state index contributed by atoms with van der Waals surface area (Å²) >= 11 is 0. The van der Waals surface area contributed by atoms with Crippen LogP contribution < -0.4 is 10.2 Å². The van der Waals surface area contributed by atoms with Gasteiger partial charge in [0, 0.05) is 43.0 Å². The van der Waals surface area contributed by atoms with Crippen molar-refractivity contribution >= 4 is 23.2 Å². The third kappa shape index (κ3) is 5.04. The summed E-state index contributed by atoms with van der Waals surface area (Å²) in [6, 6.07) is 19.3. The van der Waals surface area contributed by atoms with Crippen LogP contribution in [0.3, 0.4) is 0 Å². The number of carbonyl (C=O) groups excluding carboxylic acids is 2. The number of piperidine rings is 1. The first-order valence-corrected chi connectivity index (χ1v) is 12.1. The van der Waals surface area contributed by atoms with E-state index in [1.807, 2.05) is 52.3 Å². The molecular formula is C28H29FN4O2. The molecule has 1 aromatic heterocycles. The number of aromatic nitrogens is 1. The fourth-order valence-corrected chi connectivity index (χ4v) is 4.83. The number of pyridine rings is 1. The van der Waals surface area contributed by atoms with E-state index < -0.39 is 5.95 Å². The van der Waals surface area contributed by atoms with E-state index in [-0.39, 0.29) is 17.7 Å². The monoisotopic (exact) mass is 472 g/mol. The maximum atomic E-state index is 13.4. The molecule has 1 N–H and O–H groups in total. The largest absolute Gasteiger partial charge is 0.369 e. The lowest BCUT2D eigenvalue weighted by Crippen LogP contribution is -2.52. The van der Waals surface area contributed by atoms with Crippen molar-refractivity contribution in [2.24, 2.45) is 5.92 Å². The first-order chi connectivity index (χ1) is 17.0. The van der Waals surface area contributed by atoms with Crippen molar-refractivity contribution in [1.29, 1.82) is 0 Å². The minimum atomic E-state index is -0.460. The Bertz CT molecular complexity index is 1200. The molecule has 0 spiro atoms. The zero-order valence-electron chi connectivity index (χ0n) is 19.8. The Balaban J connectivity index is 1.10. The van der Waals surface area contributed by atoms with E-state index in [4.69, 9.17) is 0 Å². The lowest BCUT2D eigenvalue weighted by molar-refractivity contribution is -0.120. The number of aryl methyl sites for hydroxylation is 1. The molecule has 0 radical (unpaired) electrons. The highest BCUT2D eigenvalue weighted by Crippen LogP contribution is 2.30. The highest BCUT2D eigenvalue weighted by Gasteiger charge is 2.33. The summed E-state index contributed by atoms with van der Waals surface area (Å²) in [5.74, 6) is -0.0617. The van der Waals surface area contributed by atoms with Crippen molar-refractivity contribution in [3.8, 4) is 0 Å². The van der Waals surface area contributed by atoms with Crippen LogP contribution in [0.25, 0.3) is 0 Å². The van der Waals surface area contributed by atoms with Crippen LogP contribution in [0, 0.1) is 18.8 Å². The topological polar surface area (TPSA) is 65.5 Å². The van der Waals surface area contributed by atoms with Crippen molar-refractivity contribution in [2.45, 2.75) is 25.7 Å². The van der Waals surface area contributed by atoms with E-state index in [0.29, 0.717) is 24.6 Å². The van der Waals surface area contributed by atoms with Gasteiger partial charge in [0.05, 0.1) is 17.8 Å². The number of carbonyl (C=O) groups is 2. The molecule has 2 fully saturated rings. The first kappa shape index (κ1) is 23.0. The number of rotatable bonds is 5. The van der Waals surface area contributed by atoms with Crippen LogP contribution in [0.5, 0.6) is 0 Å². The molecule has 2 aliphatic rings. The summed E-state index contributed by atoms with van der Waals surface area (Å²) in [7, 11) is 0. The molecule has 2 aliphatic heterocycles. The number of nitrogens with zero attached hydrogens (tertiary/aromatic N) is 3. The van der Waals surface area contributed by atoms with Crippen molar-refractivity contribution in [3.05, 3.63) is 89.5 Å². The molecular weight excluding hydrogens is 443 g/mol. The number of halogens is 1. The van der Waals surface area contributed by atoms with Crippen LogP contribution in [0.15, 0.2) is 66.9 Å². The second kappa shape index (κ2) is 9.86. The van der Waals surface area contributed by atoms with Gasteiger partial charge in [-0.1, -0.05) is 30.3 Å². The summed E-state index contributed by atoms with van der Waals surface area (Å²) in [6.45, 7) is 4.37. The van der Waals surface area contributed by atoms with E-state index in [1.165, 1.54) is 11.8 Å². The predicted molar refractivity (Wildman–Crippen MR) is 134 cm³/mol. The van der Waals surface area contributed by atoms with Crippen molar-refractivity contribution in [1.82, 2.24) is 9.88 Å². The zero-order valence-corrected chi connectivity index (χ0v) is 19.8. The molecule has 2 saturated heterocycles. The van der Waals surface area contributed by atoms with Crippen molar-refractivity contribution < 1.29 is 14.0 Å². The number of hydrogen-bond acceptors (Lipinski definition) is 4. The maximum Gasteiger partial charge on any atom is 0.253 e.